The lowest BCUT2D eigenvalue weighted by atomic mass is 10.1. The van der Waals surface area contributed by atoms with Crippen LogP contribution < -0.4 is 0 Å². The smallest absolute Gasteiger partial charge is 0.317 e. The highest BCUT2D eigenvalue weighted by molar-refractivity contribution is 6.30. The van der Waals surface area contributed by atoms with Gasteiger partial charge in [-0.05, 0) is 37.6 Å². The Morgan fingerprint density at radius 3 is 2.47 bits per heavy atom. The van der Waals surface area contributed by atoms with E-state index in [1.54, 1.807) is 0 Å². The SMILES string of the molecule is CCCN(CC(=O)O)C(C)c1ccc(Cl)cc1. The van der Waals surface area contributed by atoms with Crippen LogP contribution in [0.1, 0.15) is 31.9 Å². The second-order valence-corrected chi connectivity index (χ2v) is 4.53. The first-order valence-corrected chi connectivity index (χ1v) is 6.13. The number of nitrogens with zero attached hydrogens (tertiary/aromatic N) is 1. The van der Waals surface area contributed by atoms with E-state index in [1.807, 2.05) is 43.0 Å². The van der Waals surface area contributed by atoms with Crippen molar-refractivity contribution in [1.29, 1.82) is 0 Å². The summed E-state index contributed by atoms with van der Waals surface area (Å²) in [5.41, 5.74) is 1.09. The number of aliphatic carboxylic acids is 1. The molecule has 1 unspecified atom stereocenters. The summed E-state index contributed by atoms with van der Waals surface area (Å²) in [6.45, 7) is 4.90. The highest BCUT2D eigenvalue weighted by Crippen LogP contribution is 2.21. The molecule has 17 heavy (non-hydrogen) atoms. The molecular weight excluding hydrogens is 238 g/mol. The van der Waals surface area contributed by atoms with E-state index in [2.05, 4.69) is 0 Å². The third kappa shape index (κ3) is 4.36. The maximum Gasteiger partial charge on any atom is 0.317 e. The Balaban J connectivity index is 2.79. The van der Waals surface area contributed by atoms with Crippen molar-refractivity contribution in [2.45, 2.75) is 26.3 Å². The van der Waals surface area contributed by atoms with Crippen molar-refractivity contribution in [1.82, 2.24) is 4.90 Å². The van der Waals surface area contributed by atoms with E-state index >= 15 is 0 Å². The zero-order valence-corrected chi connectivity index (χ0v) is 10.9. The third-order valence-corrected chi connectivity index (χ3v) is 3.00. The average molecular weight is 256 g/mol. The molecule has 0 fully saturated rings. The van der Waals surface area contributed by atoms with E-state index < -0.39 is 5.97 Å². The Labute approximate surface area is 107 Å². The molecule has 0 aliphatic heterocycles. The van der Waals surface area contributed by atoms with Gasteiger partial charge in [-0.1, -0.05) is 30.7 Å². The van der Waals surface area contributed by atoms with Gasteiger partial charge in [-0.2, -0.15) is 0 Å². The van der Waals surface area contributed by atoms with E-state index in [0.29, 0.717) is 5.02 Å². The molecule has 1 aromatic carbocycles. The molecular formula is C13H18ClNO2. The fourth-order valence-corrected chi connectivity index (χ4v) is 1.95. The van der Waals surface area contributed by atoms with Crippen LogP contribution in [0.25, 0.3) is 0 Å². The van der Waals surface area contributed by atoms with Crippen LogP contribution in [0.5, 0.6) is 0 Å². The van der Waals surface area contributed by atoms with Crippen LogP contribution in [0, 0.1) is 0 Å². The summed E-state index contributed by atoms with van der Waals surface area (Å²) in [4.78, 5) is 12.8. The first-order valence-electron chi connectivity index (χ1n) is 5.76. The number of benzene rings is 1. The van der Waals surface area contributed by atoms with Gasteiger partial charge in [0.2, 0.25) is 0 Å². The number of halogens is 1. The van der Waals surface area contributed by atoms with Gasteiger partial charge in [-0.15, -0.1) is 0 Å². The molecule has 1 aromatic rings. The molecule has 1 N–H and O–H groups in total. The third-order valence-electron chi connectivity index (χ3n) is 2.75. The number of carbonyl (C=O) groups is 1. The summed E-state index contributed by atoms with van der Waals surface area (Å²) < 4.78 is 0. The molecule has 0 heterocycles. The number of rotatable bonds is 6. The molecule has 0 saturated carbocycles. The van der Waals surface area contributed by atoms with Crippen molar-refractivity contribution in [3.05, 3.63) is 34.9 Å². The zero-order valence-electron chi connectivity index (χ0n) is 10.2. The minimum absolute atomic E-state index is 0.0671. The molecule has 0 aromatic heterocycles. The Morgan fingerprint density at radius 1 is 1.41 bits per heavy atom. The largest absolute Gasteiger partial charge is 0.480 e. The van der Waals surface area contributed by atoms with Crippen LogP contribution in [0.15, 0.2) is 24.3 Å². The molecule has 0 spiro atoms. The first kappa shape index (κ1) is 14.0. The highest BCUT2D eigenvalue weighted by Gasteiger charge is 2.17. The predicted molar refractivity (Wildman–Crippen MR) is 69.4 cm³/mol. The number of hydrogen-bond acceptors (Lipinski definition) is 2. The van der Waals surface area contributed by atoms with Crippen molar-refractivity contribution in [3.8, 4) is 0 Å². The second kappa shape index (κ2) is 6.62. The van der Waals surface area contributed by atoms with Crippen LogP contribution in [0.3, 0.4) is 0 Å². The molecule has 1 rings (SSSR count). The molecule has 4 heteroatoms. The van der Waals surface area contributed by atoms with Crippen LogP contribution in [0.4, 0.5) is 0 Å². The van der Waals surface area contributed by atoms with Gasteiger partial charge in [0.1, 0.15) is 0 Å². The number of carboxylic acid groups (broad SMARTS) is 1. The molecule has 0 amide bonds. The molecule has 0 aliphatic carbocycles. The first-order chi connectivity index (χ1) is 8.04. The maximum atomic E-state index is 10.8. The van der Waals surface area contributed by atoms with Crippen LogP contribution in [-0.2, 0) is 4.79 Å². The van der Waals surface area contributed by atoms with Gasteiger partial charge >= 0.3 is 5.97 Å². The monoisotopic (exact) mass is 255 g/mol. The van der Waals surface area contributed by atoms with Crippen molar-refractivity contribution in [3.63, 3.8) is 0 Å². The fraction of sp³-hybridized carbons (Fsp3) is 0.462. The van der Waals surface area contributed by atoms with E-state index in [1.165, 1.54) is 0 Å². The predicted octanol–water partition coefficient (Wildman–Crippen LogP) is 3.20. The summed E-state index contributed by atoms with van der Waals surface area (Å²) in [6, 6.07) is 7.63. The van der Waals surface area contributed by atoms with Gasteiger partial charge in [0.05, 0.1) is 6.54 Å². The van der Waals surface area contributed by atoms with Gasteiger partial charge in [0.15, 0.2) is 0 Å². The Hall–Kier alpha value is -1.06. The van der Waals surface area contributed by atoms with Crippen molar-refractivity contribution >= 4 is 17.6 Å². The fourth-order valence-electron chi connectivity index (χ4n) is 1.82. The molecule has 0 radical (unpaired) electrons. The van der Waals surface area contributed by atoms with Crippen molar-refractivity contribution in [2.24, 2.45) is 0 Å². The van der Waals surface area contributed by atoms with Crippen LogP contribution in [0.2, 0.25) is 5.02 Å². The lowest BCUT2D eigenvalue weighted by Gasteiger charge is -2.27. The standard InChI is InChI=1S/C13H18ClNO2/c1-3-8-15(9-13(16)17)10(2)11-4-6-12(14)7-5-11/h4-7,10H,3,8-9H2,1-2H3,(H,16,17). The van der Waals surface area contributed by atoms with Gasteiger partial charge < -0.3 is 5.11 Å². The summed E-state index contributed by atoms with van der Waals surface area (Å²) >= 11 is 5.83. The second-order valence-electron chi connectivity index (χ2n) is 4.09. The topological polar surface area (TPSA) is 40.5 Å². The Morgan fingerprint density at radius 2 is 2.00 bits per heavy atom. The average Bonchev–Trinajstić information content (AvgIpc) is 2.28. The van der Waals surface area contributed by atoms with Crippen LogP contribution >= 0.6 is 11.6 Å². The normalized spacial score (nSPS) is 12.7. The van der Waals surface area contributed by atoms with Gasteiger partial charge in [0, 0.05) is 11.1 Å². The lowest BCUT2D eigenvalue weighted by molar-refractivity contribution is -0.138. The van der Waals surface area contributed by atoms with Crippen LogP contribution in [-0.4, -0.2) is 29.1 Å². The quantitative estimate of drug-likeness (QED) is 0.849. The highest BCUT2D eigenvalue weighted by atomic mass is 35.5. The van der Waals surface area contributed by atoms with Crippen molar-refractivity contribution in [2.75, 3.05) is 13.1 Å². The van der Waals surface area contributed by atoms with E-state index in [9.17, 15) is 4.79 Å². The molecule has 0 bridgehead atoms. The summed E-state index contributed by atoms with van der Waals surface area (Å²) in [6.07, 6.45) is 0.936. The van der Waals surface area contributed by atoms with Gasteiger partial charge in [-0.25, -0.2) is 0 Å². The lowest BCUT2D eigenvalue weighted by Crippen LogP contribution is -2.33. The molecule has 0 saturated heterocycles. The summed E-state index contributed by atoms with van der Waals surface area (Å²) in [5.74, 6) is -0.792. The Bertz CT molecular complexity index is 364. The van der Waals surface area contributed by atoms with E-state index in [4.69, 9.17) is 16.7 Å². The zero-order chi connectivity index (χ0) is 12.8. The molecule has 3 nitrogen and oxygen atoms in total. The van der Waals surface area contributed by atoms with Crippen molar-refractivity contribution < 1.29 is 9.90 Å². The maximum absolute atomic E-state index is 10.8. The summed E-state index contributed by atoms with van der Waals surface area (Å²) in [7, 11) is 0. The van der Waals surface area contributed by atoms with Gasteiger partial charge in [0.25, 0.3) is 0 Å². The van der Waals surface area contributed by atoms with E-state index in [0.717, 1.165) is 18.5 Å². The van der Waals surface area contributed by atoms with E-state index in [-0.39, 0.29) is 12.6 Å². The molecule has 1 atom stereocenters. The molecule has 94 valence electrons. The Kier molecular flexibility index (Phi) is 5.45. The number of carboxylic acids is 1. The minimum atomic E-state index is -0.792. The molecule has 0 aliphatic rings. The number of hydrogen-bond donors (Lipinski definition) is 1. The summed E-state index contributed by atoms with van der Waals surface area (Å²) in [5, 5.41) is 9.58. The van der Waals surface area contributed by atoms with Gasteiger partial charge in [-0.3, -0.25) is 9.69 Å². The minimum Gasteiger partial charge on any atom is -0.480 e.